The van der Waals surface area contributed by atoms with E-state index in [-0.39, 0.29) is 12.5 Å². The molecule has 2 N–H and O–H groups in total. The van der Waals surface area contributed by atoms with E-state index in [1.165, 1.54) is 0 Å². The van der Waals surface area contributed by atoms with Crippen LogP contribution >= 0.6 is 0 Å². The molecule has 0 fully saturated rings. The molecular weight excluding hydrogens is 216 g/mol. The maximum atomic E-state index is 11.6. The zero-order valence-corrected chi connectivity index (χ0v) is 10.2. The SMILES string of the molecule is CCN(CCO)CCC(=O)Nc1ccccc1. The van der Waals surface area contributed by atoms with E-state index in [1.54, 1.807) is 0 Å². The number of anilines is 1. The fourth-order valence-electron chi connectivity index (χ4n) is 1.57. The fraction of sp³-hybridized carbons (Fsp3) is 0.462. The molecule has 4 heteroatoms. The topological polar surface area (TPSA) is 52.6 Å². The average molecular weight is 236 g/mol. The first kappa shape index (κ1) is 13.7. The molecule has 0 spiro atoms. The summed E-state index contributed by atoms with van der Waals surface area (Å²) < 4.78 is 0. The van der Waals surface area contributed by atoms with Gasteiger partial charge in [-0.15, -0.1) is 0 Å². The third kappa shape index (κ3) is 5.47. The third-order valence-electron chi connectivity index (χ3n) is 2.58. The van der Waals surface area contributed by atoms with Gasteiger partial charge < -0.3 is 15.3 Å². The van der Waals surface area contributed by atoms with Gasteiger partial charge in [-0.05, 0) is 18.7 Å². The Bertz CT molecular complexity index is 327. The maximum Gasteiger partial charge on any atom is 0.225 e. The van der Waals surface area contributed by atoms with Crippen LogP contribution in [0.4, 0.5) is 5.69 Å². The Balaban J connectivity index is 2.30. The summed E-state index contributed by atoms with van der Waals surface area (Å²) in [7, 11) is 0. The van der Waals surface area contributed by atoms with Gasteiger partial charge in [0.05, 0.1) is 6.61 Å². The van der Waals surface area contributed by atoms with Crippen molar-refractivity contribution in [1.29, 1.82) is 0 Å². The number of benzene rings is 1. The average Bonchev–Trinajstić information content (AvgIpc) is 2.35. The zero-order chi connectivity index (χ0) is 12.5. The van der Waals surface area contributed by atoms with Crippen molar-refractivity contribution in [3.05, 3.63) is 30.3 Å². The number of carbonyl (C=O) groups is 1. The number of aliphatic hydroxyl groups excluding tert-OH is 1. The Morgan fingerprint density at radius 1 is 1.29 bits per heavy atom. The summed E-state index contributed by atoms with van der Waals surface area (Å²) in [6, 6.07) is 9.42. The molecule has 0 aliphatic rings. The second kappa shape index (κ2) is 7.81. The van der Waals surface area contributed by atoms with Crippen LogP contribution < -0.4 is 5.32 Å². The van der Waals surface area contributed by atoms with Gasteiger partial charge in [0, 0.05) is 25.2 Å². The molecule has 0 atom stereocenters. The molecule has 0 heterocycles. The molecule has 1 aromatic carbocycles. The van der Waals surface area contributed by atoms with E-state index in [1.807, 2.05) is 42.2 Å². The van der Waals surface area contributed by atoms with Crippen LogP contribution in [0.15, 0.2) is 30.3 Å². The Kier molecular flexibility index (Phi) is 6.29. The minimum absolute atomic E-state index is 0.00703. The highest BCUT2D eigenvalue weighted by molar-refractivity contribution is 5.90. The van der Waals surface area contributed by atoms with Crippen LogP contribution in [0.2, 0.25) is 0 Å². The molecule has 0 saturated carbocycles. The summed E-state index contributed by atoms with van der Waals surface area (Å²) in [6.07, 6.45) is 0.447. The smallest absolute Gasteiger partial charge is 0.225 e. The first-order chi connectivity index (χ1) is 8.26. The van der Waals surface area contributed by atoms with Crippen molar-refractivity contribution >= 4 is 11.6 Å². The van der Waals surface area contributed by atoms with Crippen molar-refractivity contribution < 1.29 is 9.90 Å². The van der Waals surface area contributed by atoms with Crippen LogP contribution in [0.3, 0.4) is 0 Å². The van der Waals surface area contributed by atoms with Crippen molar-refractivity contribution in [2.24, 2.45) is 0 Å². The standard InChI is InChI=1S/C13H20N2O2/c1-2-15(10-11-16)9-8-13(17)14-12-6-4-3-5-7-12/h3-7,16H,2,8-11H2,1H3,(H,14,17). The number of nitrogens with one attached hydrogen (secondary N) is 1. The molecule has 0 aromatic heterocycles. The maximum absolute atomic E-state index is 11.6. The number of para-hydroxylation sites is 1. The monoisotopic (exact) mass is 236 g/mol. The number of hydrogen-bond donors (Lipinski definition) is 2. The van der Waals surface area contributed by atoms with Gasteiger partial charge >= 0.3 is 0 Å². The minimum Gasteiger partial charge on any atom is -0.395 e. The quantitative estimate of drug-likeness (QED) is 0.751. The molecule has 17 heavy (non-hydrogen) atoms. The predicted molar refractivity (Wildman–Crippen MR) is 68.9 cm³/mol. The molecule has 0 bridgehead atoms. The lowest BCUT2D eigenvalue weighted by Crippen LogP contribution is -2.30. The predicted octanol–water partition coefficient (Wildman–Crippen LogP) is 1.33. The molecule has 0 aliphatic heterocycles. The third-order valence-corrected chi connectivity index (χ3v) is 2.58. The second-order valence-electron chi connectivity index (χ2n) is 3.82. The Labute approximate surface area is 102 Å². The molecular formula is C13H20N2O2. The van der Waals surface area contributed by atoms with Gasteiger partial charge in [-0.3, -0.25) is 4.79 Å². The summed E-state index contributed by atoms with van der Waals surface area (Å²) in [5.74, 6) is 0.00703. The lowest BCUT2D eigenvalue weighted by molar-refractivity contribution is -0.116. The van der Waals surface area contributed by atoms with Crippen LogP contribution in [0.1, 0.15) is 13.3 Å². The Morgan fingerprint density at radius 3 is 2.59 bits per heavy atom. The molecule has 0 saturated heterocycles. The normalized spacial score (nSPS) is 10.5. The largest absolute Gasteiger partial charge is 0.395 e. The number of likely N-dealkylation sites (N-methyl/N-ethyl adjacent to an activating group) is 1. The van der Waals surface area contributed by atoms with Crippen LogP contribution in [0, 0.1) is 0 Å². The van der Waals surface area contributed by atoms with Crippen molar-refractivity contribution in [3.8, 4) is 0 Å². The second-order valence-corrected chi connectivity index (χ2v) is 3.82. The molecule has 1 rings (SSSR count). The minimum atomic E-state index is 0.00703. The van der Waals surface area contributed by atoms with Crippen LogP contribution in [-0.4, -0.2) is 42.2 Å². The zero-order valence-electron chi connectivity index (χ0n) is 10.2. The van der Waals surface area contributed by atoms with E-state index in [0.29, 0.717) is 19.5 Å². The van der Waals surface area contributed by atoms with Gasteiger partial charge in [-0.25, -0.2) is 0 Å². The summed E-state index contributed by atoms with van der Waals surface area (Å²) in [4.78, 5) is 13.7. The molecule has 94 valence electrons. The molecule has 0 aliphatic carbocycles. The van der Waals surface area contributed by atoms with E-state index >= 15 is 0 Å². The summed E-state index contributed by atoms with van der Waals surface area (Å²) >= 11 is 0. The highest BCUT2D eigenvalue weighted by atomic mass is 16.3. The van der Waals surface area contributed by atoms with Crippen LogP contribution in [0.25, 0.3) is 0 Å². The highest BCUT2D eigenvalue weighted by Gasteiger charge is 2.06. The molecule has 4 nitrogen and oxygen atoms in total. The fourth-order valence-corrected chi connectivity index (χ4v) is 1.57. The van der Waals surface area contributed by atoms with E-state index in [9.17, 15) is 4.79 Å². The number of aliphatic hydroxyl groups is 1. The van der Waals surface area contributed by atoms with E-state index < -0.39 is 0 Å². The van der Waals surface area contributed by atoms with Gasteiger partial charge in [-0.1, -0.05) is 25.1 Å². The van der Waals surface area contributed by atoms with E-state index in [0.717, 1.165) is 12.2 Å². The van der Waals surface area contributed by atoms with Crippen molar-refractivity contribution in [2.45, 2.75) is 13.3 Å². The number of nitrogens with zero attached hydrogens (tertiary/aromatic N) is 1. The molecule has 0 radical (unpaired) electrons. The first-order valence-corrected chi connectivity index (χ1v) is 5.94. The number of rotatable bonds is 7. The van der Waals surface area contributed by atoms with Crippen molar-refractivity contribution in [2.75, 3.05) is 31.6 Å². The highest BCUT2D eigenvalue weighted by Crippen LogP contribution is 2.05. The summed E-state index contributed by atoms with van der Waals surface area (Å²) in [5, 5.41) is 11.7. The summed E-state index contributed by atoms with van der Waals surface area (Å²) in [5.41, 5.74) is 0.822. The van der Waals surface area contributed by atoms with Gasteiger partial charge in [0.2, 0.25) is 5.91 Å². The van der Waals surface area contributed by atoms with Crippen molar-refractivity contribution in [3.63, 3.8) is 0 Å². The van der Waals surface area contributed by atoms with Crippen molar-refractivity contribution in [1.82, 2.24) is 4.90 Å². The van der Waals surface area contributed by atoms with Gasteiger partial charge in [0.1, 0.15) is 0 Å². The van der Waals surface area contributed by atoms with Gasteiger partial charge in [0.15, 0.2) is 0 Å². The molecule has 1 aromatic rings. The van der Waals surface area contributed by atoms with Gasteiger partial charge in [0.25, 0.3) is 0 Å². The lowest BCUT2D eigenvalue weighted by atomic mass is 10.3. The number of amides is 1. The Morgan fingerprint density at radius 2 is 2.00 bits per heavy atom. The van der Waals surface area contributed by atoms with Crippen LogP contribution in [-0.2, 0) is 4.79 Å². The summed E-state index contributed by atoms with van der Waals surface area (Å²) in [6.45, 7) is 4.29. The van der Waals surface area contributed by atoms with E-state index in [4.69, 9.17) is 5.11 Å². The van der Waals surface area contributed by atoms with E-state index in [2.05, 4.69) is 5.32 Å². The number of hydrogen-bond acceptors (Lipinski definition) is 3. The first-order valence-electron chi connectivity index (χ1n) is 5.94. The Hall–Kier alpha value is -1.39. The lowest BCUT2D eigenvalue weighted by Gasteiger charge is -2.18. The molecule has 1 amide bonds. The number of carbonyl (C=O) groups excluding carboxylic acids is 1. The molecule has 0 unspecified atom stereocenters. The van der Waals surface area contributed by atoms with Crippen LogP contribution in [0.5, 0.6) is 0 Å². The van der Waals surface area contributed by atoms with Gasteiger partial charge in [-0.2, -0.15) is 0 Å².